The summed E-state index contributed by atoms with van der Waals surface area (Å²) in [5, 5.41) is 15.0. The summed E-state index contributed by atoms with van der Waals surface area (Å²) in [5.41, 5.74) is 3.25. The molecule has 0 aromatic carbocycles. The van der Waals surface area contributed by atoms with Crippen LogP contribution in [-0.2, 0) is 19.6 Å². The van der Waals surface area contributed by atoms with Gasteiger partial charge in [0, 0.05) is 13.1 Å². The second-order valence-corrected chi connectivity index (χ2v) is 6.76. The third-order valence-electron chi connectivity index (χ3n) is 4.48. The maximum absolute atomic E-state index is 12.6. The second-order valence-electron chi connectivity index (χ2n) is 6.76. The van der Waals surface area contributed by atoms with Crippen LogP contribution in [0, 0.1) is 0 Å². The molecule has 0 fully saturated rings. The van der Waals surface area contributed by atoms with Crippen LogP contribution in [-0.4, -0.2) is 41.8 Å². The fourth-order valence-corrected chi connectivity index (χ4v) is 3.13. The minimum atomic E-state index is -0.237. The molecular formula is C17H23ClN8O. The maximum Gasteiger partial charge on any atom is 0.270 e. The lowest BCUT2D eigenvalue weighted by molar-refractivity contribution is 0.0945. The molecule has 0 saturated carbocycles. The van der Waals surface area contributed by atoms with Gasteiger partial charge in [0.15, 0.2) is 0 Å². The average Bonchev–Trinajstić information content (AvgIpc) is 3.20. The molecule has 0 bridgehead atoms. The topological polar surface area (TPSA) is 102 Å². The molecule has 0 spiro atoms. The van der Waals surface area contributed by atoms with E-state index in [1.807, 2.05) is 24.6 Å². The summed E-state index contributed by atoms with van der Waals surface area (Å²) in [6.45, 7) is 7.18. The van der Waals surface area contributed by atoms with E-state index in [0.29, 0.717) is 18.0 Å². The smallest absolute Gasteiger partial charge is 0.270 e. The number of aryl methyl sites for hydroxylation is 1. The standard InChI is InChI=1S/C17H22N8O.ClH/c1-11(2)15-7-14(22-17-20-10-21-25(15)17)16(26)19-8-12-6-13-9-18-4-3-5-24(13)23-12;/h6-7,10-11,18H,3-5,8-9H2,1-2H3,(H,19,26);1H. The van der Waals surface area contributed by atoms with E-state index in [1.54, 1.807) is 10.6 Å². The van der Waals surface area contributed by atoms with E-state index in [-0.39, 0.29) is 24.2 Å². The number of hydrogen-bond donors (Lipinski definition) is 2. The molecule has 3 aromatic rings. The monoisotopic (exact) mass is 390 g/mol. The van der Waals surface area contributed by atoms with Gasteiger partial charge in [-0.3, -0.25) is 9.48 Å². The lowest BCUT2D eigenvalue weighted by atomic mass is 10.1. The first-order valence-corrected chi connectivity index (χ1v) is 8.87. The van der Waals surface area contributed by atoms with Crippen molar-refractivity contribution in [2.75, 3.05) is 6.54 Å². The first kappa shape index (κ1) is 19.2. The van der Waals surface area contributed by atoms with Gasteiger partial charge < -0.3 is 10.6 Å². The Kier molecular flexibility index (Phi) is 5.71. The SMILES string of the molecule is CC(C)c1cc(C(=O)NCc2cc3n(n2)CCCNC3)nc2ncnn12.Cl. The average molecular weight is 391 g/mol. The summed E-state index contributed by atoms with van der Waals surface area (Å²) in [4.78, 5) is 21.0. The number of fused-ring (bicyclic) bond motifs is 2. The van der Waals surface area contributed by atoms with Crippen molar-refractivity contribution in [3.63, 3.8) is 0 Å². The summed E-state index contributed by atoms with van der Waals surface area (Å²) in [5.74, 6) is 0.393. The van der Waals surface area contributed by atoms with Crippen LogP contribution in [0.2, 0.25) is 0 Å². The number of hydrogen-bond acceptors (Lipinski definition) is 6. The predicted molar refractivity (Wildman–Crippen MR) is 102 cm³/mol. The molecule has 1 aliphatic heterocycles. The third kappa shape index (κ3) is 3.93. The van der Waals surface area contributed by atoms with Gasteiger partial charge in [-0.05, 0) is 31.0 Å². The van der Waals surface area contributed by atoms with Crippen LogP contribution in [0.4, 0.5) is 0 Å². The number of carbonyl (C=O) groups is 1. The van der Waals surface area contributed by atoms with Gasteiger partial charge in [-0.15, -0.1) is 12.4 Å². The van der Waals surface area contributed by atoms with Gasteiger partial charge in [-0.2, -0.15) is 15.2 Å². The zero-order chi connectivity index (χ0) is 18.1. The Morgan fingerprint density at radius 2 is 2.22 bits per heavy atom. The summed E-state index contributed by atoms with van der Waals surface area (Å²) >= 11 is 0. The Morgan fingerprint density at radius 1 is 1.37 bits per heavy atom. The zero-order valence-electron chi connectivity index (χ0n) is 15.3. The highest BCUT2D eigenvalue weighted by Crippen LogP contribution is 2.16. The number of carbonyl (C=O) groups excluding carboxylic acids is 1. The van der Waals surface area contributed by atoms with Crippen LogP contribution in [0.5, 0.6) is 0 Å². The molecule has 27 heavy (non-hydrogen) atoms. The number of nitrogens with one attached hydrogen (secondary N) is 2. The molecule has 0 unspecified atom stereocenters. The summed E-state index contributed by atoms with van der Waals surface area (Å²) < 4.78 is 3.68. The Balaban J connectivity index is 0.00000210. The molecule has 9 nitrogen and oxygen atoms in total. The maximum atomic E-state index is 12.6. The number of aromatic nitrogens is 6. The van der Waals surface area contributed by atoms with Gasteiger partial charge in [-0.1, -0.05) is 13.8 Å². The normalized spacial score (nSPS) is 13.9. The van der Waals surface area contributed by atoms with Crippen LogP contribution in [0.3, 0.4) is 0 Å². The van der Waals surface area contributed by atoms with Crippen molar-refractivity contribution < 1.29 is 4.79 Å². The van der Waals surface area contributed by atoms with Crippen molar-refractivity contribution in [3.8, 4) is 0 Å². The van der Waals surface area contributed by atoms with E-state index in [2.05, 4.69) is 30.8 Å². The first-order valence-electron chi connectivity index (χ1n) is 8.87. The largest absolute Gasteiger partial charge is 0.345 e. The van der Waals surface area contributed by atoms with Crippen LogP contribution in [0.25, 0.3) is 5.78 Å². The van der Waals surface area contributed by atoms with E-state index in [0.717, 1.165) is 43.1 Å². The molecule has 0 aliphatic carbocycles. The van der Waals surface area contributed by atoms with E-state index in [9.17, 15) is 4.79 Å². The molecular weight excluding hydrogens is 368 g/mol. The minimum absolute atomic E-state index is 0. The van der Waals surface area contributed by atoms with Crippen molar-refractivity contribution in [1.82, 2.24) is 40.0 Å². The molecule has 2 N–H and O–H groups in total. The summed E-state index contributed by atoms with van der Waals surface area (Å²) in [6.07, 6.45) is 2.50. The molecule has 0 radical (unpaired) electrons. The number of nitrogens with zero attached hydrogens (tertiary/aromatic N) is 6. The number of rotatable bonds is 4. The van der Waals surface area contributed by atoms with Crippen molar-refractivity contribution in [2.24, 2.45) is 0 Å². The van der Waals surface area contributed by atoms with E-state index < -0.39 is 0 Å². The highest BCUT2D eigenvalue weighted by atomic mass is 35.5. The van der Waals surface area contributed by atoms with Gasteiger partial charge in [-0.25, -0.2) is 9.50 Å². The fraction of sp³-hybridized carbons (Fsp3) is 0.471. The van der Waals surface area contributed by atoms with Crippen molar-refractivity contribution in [3.05, 3.63) is 41.2 Å². The zero-order valence-corrected chi connectivity index (χ0v) is 16.2. The summed E-state index contributed by atoms with van der Waals surface area (Å²) in [7, 11) is 0. The minimum Gasteiger partial charge on any atom is -0.345 e. The summed E-state index contributed by atoms with van der Waals surface area (Å²) in [6, 6.07) is 3.81. The van der Waals surface area contributed by atoms with E-state index >= 15 is 0 Å². The van der Waals surface area contributed by atoms with Crippen LogP contribution in [0.15, 0.2) is 18.5 Å². The quantitative estimate of drug-likeness (QED) is 0.696. The second kappa shape index (κ2) is 8.01. The van der Waals surface area contributed by atoms with Gasteiger partial charge in [0.25, 0.3) is 11.7 Å². The molecule has 1 amide bonds. The van der Waals surface area contributed by atoms with E-state index in [4.69, 9.17) is 0 Å². The molecule has 1 aliphatic rings. The van der Waals surface area contributed by atoms with Gasteiger partial charge >= 0.3 is 0 Å². The molecule has 144 valence electrons. The molecule has 4 heterocycles. The van der Waals surface area contributed by atoms with Crippen molar-refractivity contribution in [2.45, 2.75) is 45.8 Å². The van der Waals surface area contributed by atoms with Gasteiger partial charge in [0.05, 0.1) is 23.6 Å². The number of halogens is 1. The Bertz CT molecular complexity index is 924. The Hall–Kier alpha value is -2.52. The molecule has 3 aromatic heterocycles. The lowest BCUT2D eigenvalue weighted by Gasteiger charge is -2.09. The Morgan fingerprint density at radius 3 is 3.04 bits per heavy atom. The molecule has 10 heteroatoms. The highest BCUT2D eigenvalue weighted by Gasteiger charge is 2.16. The van der Waals surface area contributed by atoms with Crippen molar-refractivity contribution in [1.29, 1.82) is 0 Å². The fourth-order valence-electron chi connectivity index (χ4n) is 3.13. The van der Waals surface area contributed by atoms with E-state index in [1.165, 1.54) is 6.33 Å². The van der Waals surface area contributed by atoms with Gasteiger partial charge in [0.2, 0.25) is 0 Å². The first-order chi connectivity index (χ1) is 12.6. The van der Waals surface area contributed by atoms with Crippen LogP contribution < -0.4 is 10.6 Å². The molecule has 4 rings (SSSR count). The third-order valence-corrected chi connectivity index (χ3v) is 4.48. The predicted octanol–water partition coefficient (Wildman–Crippen LogP) is 1.29. The van der Waals surface area contributed by atoms with Gasteiger partial charge in [0.1, 0.15) is 12.0 Å². The van der Waals surface area contributed by atoms with Crippen LogP contribution in [0.1, 0.15) is 53.8 Å². The van der Waals surface area contributed by atoms with Crippen molar-refractivity contribution >= 4 is 24.1 Å². The number of amides is 1. The highest BCUT2D eigenvalue weighted by molar-refractivity contribution is 5.92. The Labute approximate surface area is 163 Å². The molecule has 0 atom stereocenters. The molecule has 0 saturated heterocycles. The lowest BCUT2D eigenvalue weighted by Crippen LogP contribution is -2.25. The van der Waals surface area contributed by atoms with Crippen LogP contribution >= 0.6 is 12.4 Å².